The number of rotatable bonds is 7. The molecule has 0 spiro atoms. The number of hydrogen-bond acceptors (Lipinski definition) is 6. The quantitative estimate of drug-likeness (QED) is 0.445. The third-order valence-corrected chi connectivity index (χ3v) is 7.53. The van der Waals surface area contributed by atoms with Crippen LogP contribution in [0, 0.1) is 0 Å². The van der Waals surface area contributed by atoms with Crippen molar-refractivity contribution in [2.75, 3.05) is 18.1 Å². The van der Waals surface area contributed by atoms with Gasteiger partial charge < -0.3 is 4.90 Å². The molecule has 2 saturated heterocycles. The van der Waals surface area contributed by atoms with Crippen LogP contribution in [0.25, 0.3) is 0 Å². The van der Waals surface area contributed by atoms with Crippen molar-refractivity contribution < 1.29 is 27.6 Å². The largest absolute Gasteiger partial charge is 0.335 e. The predicted octanol–water partition coefficient (Wildman–Crippen LogP) is 1.19. The summed E-state index contributed by atoms with van der Waals surface area (Å²) in [5.41, 5.74) is 1.46. The van der Waals surface area contributed by atoms with E-state index in [1.807, 2.05) is 6.07 Å². The van der Waals surface area contributed by atoms with Crippen molar-refractivity contribution in [1.29, 1.82) is 0 Å². The third kappa shape index (κ3) is 4.95. The van der Waals surface area contributed by atoms with Gasteiger partial charge in [-0.25, -0.2) is 18.1 Å². The topological polar surface area (TPSA) is 112 Å². The molecule has 0 aromatic heterocycles. The third-order valence-electron chi connectivity index (χ3n) is 5.78. The van der Waals surface area contributed by atoms with Crippen LogP contribution in [0.2, 0.25) is 0 Å². The van der Waals surface area contributed by atoms with Gasteiger partial charge in [-0.2, -0.15) is 0 Å². The minimum Gasteiger partial charge on any atom is -0.333 e. The Kier molecular flexibility index (Phi) is 6.28. The molecule has 9 nitrogen and oxygen atoms in total. The molecule has 0 aliphatic carbocycles. The second-order valence-electron chi connectivity index (χ2n) is 8.11. The summed E-state index contributed by atoms with van der Waals surface area (Å²) >= 11 is 0. The average molecular weight is 470 g/mol. The van der Waals surface area contributed by atoms with Gasteiger partial charge in [-0.15, -0.1) is 0 Å². The first-order valence-electron chi connectivity index (χ1n) is 10.5. The van der Waals surface area contributed by atoms with Crippen molar-refractivity contribution in [2.45, 2.75) is 25.6 Å². The van der Waals surface area contributed by atoms with Crippen LogP contribution >= 0.6 is 0 Å². The molecule has 1 unspecified atom stereocenters. The summed E-state index contributed by atoms with van der Waals surface area (Å²) < 4.78 is 24.0. The average Bonchev–Trinajstić information content (AvgIpc) is 3.26. The minimum absolute atomic E-state index is 0.0266. The number of carbonyl (C=O) groups excluding carboxylic acids is 4. The van der Waals surface area contributed by atoms with E-state index in [0.717, 1.165) is 10.5 Å². The fourth-order valence-electron chi connectivity index (χ4n) is 4.04. The maximum absolute atomic E-state index is 13.2. The lowest BCUT2D eigenvalue weighted by Crippen LogP contribution is -2.47. The van der Waals surface area contributed by atoms with Crippen LogP contribution in [0.1, 0.15) is 17.5 Å². The first-order chi connectivity index (χ1) is 15.7. The molecule has 172 valence electrons. The first-order valence-corrected chi connectivity index (χ1v) is 12.3. The molecule has 2 aliphatic heterocycles. The van der Waals surface area contributed by atoms with Gasteiger partial charge in [0.1, 0.15) is 6.54 Å². The molecule has 0 N–H and O–H groups in total. The standard InChI is InChI=1S/C23H23N3O6S/c27-20(24(13-17-7-3-1-4-8-17)19-11-12-33(31,32)16-19)15-26-22(29)21(28)25(23(26)30)14-18-9-5-2-6-10-18/h1-10,19H,11-16H2. The lowest BCUT2D eigenvalue weighted by molar-refractivity contribution is -0.145. The lowest BCUT2D eigenvalue weighted by atomic mass is 10.1. The van der Waals surface area contributed by atoms with Gasteiger partial charge in [0.05, 0.1) is 18.1 Å². The van der Waals surface area contributed by atoms with Crippen LogP contribution in [-0.2, 0) is 37.3 Å². The zero-order chi connectivity index (χ0) is 23.6. The Bertz CT molecular complexity index is 1180. The number of benzene rings is 2. The molecule has 0 saturated carbocycles. The van der Waals surface area contributed by atoms with Crippen molar-refractivity contribution in [3.8, 4) is 0 Å². The Morgan fingerprint density at radius 3 is 2.03 bits per heavy atom. The Morgan fingerprint density at radius 1 is 0.879 bits per heavy atom. The van der Waals surface area contributed by atoms with Crippen LogP contribution < -0.4 is 0 Å². The van der Waals surface area contributed by atoms with E-state index < -0.39 is 46.2 Å². The van der Waals surface area contributed by atoms with Gasteiger partial charge in [0.2, 0.25) is 5.91 Å². The van der Waals surface area contributed by atoms with E-state index in [-0.39, 0.29) is 31.0 Å². The smallest absolute Gasteiger partial charge is 0.333 e. The van der Waals surface area contributed by atoms with Crippen LogP contribution in [0.5, 0.6) is 0 Å². The second kappa shape index (κ2) is 9.14. The number of hydrogen-bond donors (Lipinski definition) is 0. The number of urea groups is 1. The number of sulfone groups is 1. The SMILES string of the molecule is O=C1C(=O)N(Cc2ccccc2)C(=O)N1CC(=O)N(Cc1ccccc1)C1CCS(=O)(=O)C1. The number of amides is 5. The van der Waals surface area contributed by atoms with Gasteiger partial charge in [0.15, 0.2) is 9.84 Å². The molecular formula is C23H23N3O6S. The Morgan fingerprint density at radius 2 is 1.45 bits per heavy atom. The highest BCUT2D eigenvalue weighted by molar-refractivity contribution is 7.91. The van der Waals surface area contributed by atoms with E-state index in [4.69, 9.17) is 0 Å². The Balaban J connectivity index is 1.52. The number of imide groups is 2. The highest BCUT2D eigenvalue weighted by Crippen LogP contribution is 2.22. The van der Waals surface area contributed by atoms with Gasteiger partial charge in [0.25, 0.3) is 0 Å². The summed E-state index contributed by atoms with van der Waals surface area (Å²) in [4.78, 5) is 53.8. The maximum atomic E-state index is 13.2. The molecule has 10 heteroatoms. The Hall–Kier alpha value is -3.53. The molecule has 2 aromatic carbocycles. The summed E-state index contributed by atoms with van der Waals surface area (Å²) in [6, 6.07) is 16.4. The van der Waals surface area contributed by atoms with Crippen molar-refractivity contribution in [3.63, 3.8) is 0 Å². The van der Waals surface area contributed by atoms with Crippen LogP contribution in [0.15, 0.2) is 60.7 Å². The van der Waals surface area contributed by atoms with E-state index in [2.05, 4.69) is 0 Å². The predicted molar refractivity (Wildman–Crippen MR) is 118 cm³/mol. The van der Waals surface area contributed by atoms with Crippen molar-refractivity contribution >= 4 is 33.6 Å². The van der Waals surface area contributed by atoms with E-state index in [1.54, 1.807) is 54.6 Å². The molecular weight excluding hydrogens is 446 g/mol. The normalized spacial score (nSPS) is 19.9. The maximum Gasteiger partial charge on any atom is 0.335 e. The van der Waals surface area contributed by atoms with Gasteiger partial charge in [-0.1, -0.05) is 60.7 Å². The molecule has 0 bridgehead atoms. The van der Waals surface area contributed by atoms with Crippen molar-refractivity contribution in [2.24, 2.45) is 0 Å². The van der Waals surface area contributed by atoms with Gasteiger partial charge in [-0.05, 0) is 17.5 Å². The summed E-state index contributed by atoms with van der Waals surface area (Å²) in [6.45, 7) is -0.570. The molecule has 2 aromatic rings. The summed E-state index contributed by atoms with van der Waals surface area (Å²) in [5, 5.41) is 0. The van der Waals surface area contributed by atoms with E-state index in [9.17, 15) is 27.6 Å². The zero-order valence-electron chi connectivity index (χ0n) is 17.8. The van der Waals surface area contributed by atoms with Crippen LogP contribution in [-0.4, -0.2) is 71.0 Å². The molecule has 4 rings (SSSR count). The zero-order valence-corrected chi connectivity index (χ0v) is 18.6. The molecule has 33 heavy (non-hydrogen) atoms. The van der Waals surface area contributed by atoms with E-state index >= 15 is 0 Å². The van der Waals surface area contributed by atoms with Gasteiger partial charge in [0, 0.05) is 12.6 Å². The van der Waals surface area contributed by atoms with Crippen LogP contribution in [0.3, 0.4) is 0 Å². The van der Waals surface area contributed by atoms with E-state index in [1.165, 1.54) is 4.90 Å². The van der Waals surface area contributed by atoms with Crippen molar-refractivity contribution in [3.05, 3.63) is 71.8 Å². The van der Waals surface area contributed by atoms with E-state index in [0.29, 0.717) is 10.5 Å². The number of nitrogens with zero attached hydrogens (tertiary/aromatic N) is 3. The van der Waals surface area contributed by atoms with Crippen molar-refractivity contribution in [1.82, 2.24) is 14.7 Å². The molecule has 2 heterocycles. The molecule has 0 radical (unpaired) electrons. The fraction of sp³-hybridized carbons (Fsp3) is 0.304. The monoisotopic (exact) mass is 469 g/mol. The van der Waals surface area contributed by atoms with Crippen LogP contribution in [0.4, 0.5) is 4.79 Å². The summed E-state index contributed by atoms with van der Waals surface area (Å²) in [5.74, 6) is -2.84. The molecule has 2 aliphatic rings. The lowest BCUT2D eigenvalue weighted by Gasteiger charge is -2.29. The highest BCUT2D eigenvalue weighted by atomic mass is 32.2. The Labute approximate surface area is 191 Å². The molecule has 1 atom stereocenters. The second-order valence-corrected chi connectivity index (χ2v) is 10.3. The summed E-state index contributed by atoms with van der Waals surface area (Å²) in [7, 11) is -3.27. The number of carbonyl (C=O) groups is 4. The molecule has 2 fully saturated rings. The molecule has 5 amide bonds. The highest BCUT2D eigenvalue weighted by Gasteiger charge is 2.46. The summed E-state index contributed by atoms with van der Waals surface area (Å²) in [6.07, 6.45) is 0.280. The fourth-order valence-corrected chi connectivity index (χ4v) is 5.77. The first kappa shape index (κ1) is 22.7. The van der Waals surface area contributed by atoms with Gasteiger partial charge >= 0.3 is 17.8 Å². The minimum atomic E-state index is -3.27. The van der Waals surface area contributed by atoms with Gasteiger partial charge in [-0.3, -0.25) is 19.3 Å².